The number of rotatable bonds is 6. The molecule has 130 valence electrons. The topological polar surface area (TPSA) is 101 Å². The maximum Gasteiger partial charge on any atom is 0.405 e. The van der Waals surface area contributed by atoms with Gasteiger partial charge in [-0.15, -0.1) is 0 Å². The fourth-order valence-corrected chi connectivity index (χ4v) is 1.62. The van der Waals surface area contributed by atoms with E-state index in [1.807, 2.05) is 0 Å². The van der Waals surface area contributed by atoms with E-state index in [0.717, 1.165) is 12.1 Å². The van der Waals surface area contributed by atoms with Crippen LogP contribution in [0.15, 0.2) is 24.3 Å². The molecular formula is C13H11ClF3N3O4. The highest BCUT2D eigenvalue weighted by Gasteiger charge is 2.27. The van der Waals surface area contributed by atoms with Gasteiger partial charge in [-0.2, -0.15) is 13.2 Å². The average Bonchev–Trinajstić information content (AvgIpc) is 2.49. The molecule has 2 N–H and O–H groups in total. The molecule has 7 nitrogen and oxygen atoms in total. The Bertz CT molecular complexity index is 677. The Morgan fingerprint density at radius 3 is 2.54 bits per heavy atom. The Morgan fingerprint density at radius 2 is 1.96 bits per heavy atom. The fraction of sp³-hybridized carbons (Fsp3) is 0.231. The lowest BCUT2D eigenvalue weighted by Crippen LogP contribution is -2.40. The van der Waals surface area contributed by atoms with Gasteiger partial charge < -0.3 is 10.6 Å². The normalized spacial score (nSPS) is 11.3. The number of carbonyl (C=O) groups is 2. The number of halogens is 4. The summed E-state index contributed by atoms with van der Waals surface area (Å²) in [5.41, 5.74) is -0.0338. The van der Waals surface area contributed by atoms with Gasteiger partial charge in [-0.05, 0) is 17.7 Å². The monoisotopic (exact) mass is 365 g/mol. The highest BCUT2D eigenvalue weighted by molar-refractivity contribution is 6.32. The highest BCUT2D eigenvalue weighted by atomic mass is 35.5. The van der Waals surface area contributed by atoms with Crippen molar-refractivity contribution in [2.75, 3.05) is 13.1 Å². The molecule has 11 heteroatoms. The number of nitrogens with one attached hydrogen (secondary N) is 2. The summed E-state index contributed by atoms with van der Waals surface area (Å²) < 4.78 is 35.6. The maximum atomic E-state index is 11.9. The van der Waals surface area contributed by atoms with E-state index in [4.69, 9.17) is 11.6 Å². The lowest BCUT2D eigenvalue weighted by atomic mass is 10.2. The van der Waals surface area contributed by atoms with Crippen molar-refractivity contribution in [3.8, 4) is 0 Å². The van der Waals surface area contributed by atoms with E-state index in [1.54, 1.807) is 5.32 Å². The molecule has 24 heavy (non-hydrogen) atoms. The number of nitrogens with zero attached hydrogens (tertiary/aromatic N) is 1. The summed E-state index contributed by atoms with van der Waals surface area (Å²) in [6.45, 7) is -2.13. The first-order chi connectivity index (χ1) is 11.1. The van der Waals surface area contributed by atoms with Crippen molar-refractivity contribution in [2.24, 2.45) is 0 Å². The van der Waals surface area contributed by atoms with E-state index in [9.17, 15) is 32.9 Å². The van der Waals surface area contributed by atoms with Gasteiger partial charge in [-0.3, -0.25) is 19.7 Å². The molecule has 0 radical (unpaired) electrons. The lowest BCUT2D eigenvalue weighted by molar-refractivity contribution is -0.384. The van der Waals surface area contributed by atoms with Crippen molar-refractivity contribution >= 4 is 35.2 Å². The van der Waals surface area contributed by atoms with Gasteiger partial charge in [0.15, 0.2) is 0 Å². The van der Waals surface area contributed by atoms with Crippen molar-refractivity contribution in [3.63, 3.8) is 0 Å². The van der Waals surface area contributed by atoms with Gasteiger partial charge in [-0.1, -0.05) is 17.7 Å². The smallest absolute Gasteiger partial charge is 0.345 e. The Labute approximate surface area is 138 Å². The lowest BCUT2D eigenvalue weighted by Gasteiger charge is -2.08. The SMILES string of the molecule is O=C(/C=C/c1ccc(Cl)c([N+](=O)[O-])c1)NCC(=O)NCC(F)(F)F. The highest BCUT2D eigenvalue weighted by Crippen LogP contribution is 2.25. The van der Waals surface area contributed by atoms with Crippen LogP contribution in [0.25, 0.3) is 6.08 Å². The third-order valence-corrected chi connectivity index (χ3v) is 2.82. The molecule has 0 aliphatic carbocycles. The van der Waals surface area contributed by atoms with Crippen LogP contribution in [0.2, 0.25) is 5.02 Å². The van der Waals surface area contributed by atoms with Crippen molar-refractivity contribution in [3.05, 3.63) is 45.0 Å². The molecule has 1 aromatic rings. The second-order valence-electron chi connectivity index (χ2n) is 4.41. The van der Waals surface area contributed by atoms with Crippen LogP contribution in [-0.4, -0.2) is 36.0 Å². The average molecular weight is 366 g/mol. The second kappa shape index (κ2) is 8.29. The van der Waals surface area contributed by atoms with Crippen LogP contribution in [0.5, 0.6) is 0 Å². The number of nitro groups is 1. The summed E-state index contributed by atoms with van der Waals surface area (Å²) in [5.74, 6) is -1.76. The fourth-order valence-electron chi connectivity index (χ4n) is 1.43. The molecule has 0 heterocycles. The Hall–Kier alpha value is -2.62. The molecule has 0 spiro atoms. The molecule has 0 aromatic heterocycles. The number of benzene rings is 1. The molecule has 1 rings (SSSR count). The standard InChI is InChI=1S/C13H11ClF3N3O4/c14-9-3-1-8(5-10(9)20(23)24)2-4-11(21)18-6-12(22)19-7-13(15,16)17/h1-5H,6-7H2,(H,18,21)(H,19,22)/b4-2+. The van der Waals surface area contributed by atoms with Crippen LogP contribution in [0.4, 0.5) is 18.9 Å². The molecule has 1 aromatic carbocycles. The molecule has 0 aliphatic heterocycles. The second-order valence-corrected chi connectivity index (χ2v) is 4.82. The Morgan fingerprint density at radius 1 is 1.29 bits per heavy atom. The summed E-state index contributed by atoms with van der Waals surface area (Å²) in [6, 6.07) is 3.85. The van der Waals surface area contributed by atoms with E-state index in [1.165, 1.54) is 18.2 Å². The van der Waals surface area contributed by atoms with Crippen molar-refractivity contribution < 1.29 is 27.7 Å². The minimum absolute atomic E-state index is 0.0667. The predicted molar refractivity (Wildman–Crippen MR) is 79.2 cm³/mol. The van der Waals surface area contributed by atoms with Gasteiger partial charge in [0.25, 0.3) is 5.69 Å². The Balaban J connectivity index is 2.53. The number of amides is 2. The zero-order valence-electron chi connectivity index (χ0n) is 11.9. The molecule has 0 atom stereocenters. The van der Waals surface area contributed by atoms with E-state index in [2.05, 4.69) is 5.32 Å². The number of hydrogen-bond donors (Lipinski definition) is 2. The first-order valence-electron chi connectivity index (χ1n) is 6.32. The zero-order chi connectivity index (χ0) is 18.3. The molecule has 0 saturated carbocycles. The molecule has 0 aliphatic rings. The molecule has 0 bridgehead atoms. The van der Waals surface area contributed by atoms with Crippen molar-refractivity contribution in [2.45, 2.75) is 6.18 Å². The summed E-state index contributed by atoms with van der Waals surface area (Å²) in [6.07, 6.45) is -2.33. The Kier molecular flexibility index (Phi) is 6.71. The van der Waals surface area contributed by atoms with E-state index in [-0.39, 0.29) is 10.7 Å². The van der Waals surface area contributed by atoms with Crippen LogP contribution < -0.4 is 10.6 Å². The molecular weight excluding hydrogens is 355 g/mol. The molecule has 0 fully saturated rings. The summed E-state index contributed by atoms with van der Waals surface area (Å²) in [4.78, 5) is 32.6. The number of alkyl halides is 3. The van der Waals surface area contributed by atoms with E-state index >= 15 is 0 Å². The van der Waals surface area contributed by atoms with Crippen LogP contribution in [0.1, 0.15) is 5.56 Å². The van der Waals surface area contributed by atoms with Gasteiger partial charge in [-0.25, -0.2) is 0 Å². The largest absolute Gasteiger partial charge is 0.405 e. The van der Waals surface area contributed by atoms with Gasteiger partial charge in [0.1, 0.15) is 11.6 Å². The van der Waals surface area contributed by atoms with Crippen molar-refractivity contribution in [1.82, 2.24) is 10.6 Å². The molecule has 0 saturated heterocycles. The van der Waals surface area contributed by atoms with Gasteiger partial charge >= 0.3 is 6.18 Å². The van der Waals surface area contributed by atoms with Crippen LogP contribution in [-0.2, 0) is 9.59 Å². The zero-order valence-corrected chi connectivity index (χ0v) is 12.6. The van der Waals surface area contributed by atoms with E-state index < -0.39 is 36.0 Å². The van der Waals surface area contributed by atoms with Crippen LogP contribution >= 0.6 is 11.6 Å². The third-order valence-electron chi connectivity index (χ3n) is 2.50. The summed E-state index contributed by atoms with van der Waals surface area (Å²) in [5, 5.41) is 14.3. The van der Waals surface area contributed by atoms with Crippen LogP contribution in [0.3, 0.4) is 0 Å². The third kappa shape index (κ3) is 7.09. The first-order valence-corrected chi connectivity index (χ1v) is 6.69. The van der Waals surface area contributed by atoms with Crippen LogP contribution in [0, 0.1) is 10.1 Å². The number of hydrogen-bond acceptors (Lipinski definition) is 4. The van der Waals surface area contributed by atoms with Gasteiger partial charge in [0, 0.05) is 12.1 Å². The van der Waals surface area contributed by atoms with Gasteiger partial charge in [0.05, 0.1) is 11.5 Å². The maximum absolute atomic E-state index is 11.9. The van der Waals surface area contributed by atoms with Gasteiger partial charge in [0.2, 0.25) is 11.8 Å². The number of nitro benzene ring substituents is 1. The van der Waals surface area contributed by atoms with E-state index in [0.29, 0.717) is 5.56 Å². The summed E-state index contributed by atoms with van der Waals surface area (Å²) >= 11 is 5.63. The minimum atomic E-state index is -4.54. The molecule has 0 unspecified atom stereocenters. The van der Waals surface area contributed by atoms with Crippen molar-refractivity contribution in [1.29, 1.82) is 0 Å². The first kappa shape index (κ1) is 19.4. The number of carbonyl (C=O) groups excluding carboxylic acids is 2. The minimum Gasteiger partial charge on any atom is -0.345 e. The predicted octanol–water partition coefficient (Wildman–Crippen LogP) is 2.06. The molecule has 2 amide bonds. The summed E-state index contributed by atoms with van der Waals surface area (Å²) in [7, 11) is 0. The quantitative estimate of drug-likeness (QED) is 0.457.